The molecule has 3 aliphatic rings. The molecule has 0 aromatic heterocycles. The highest BCUT2D eigenvalue weighted by atomic mass is 127. The number of fused-ring (bicyclic) bond motifs is 5. The molecule has 3 aliphatic carbocycles. The minimum Gasteiger partial charge on any atom is -0.469 e. The second kappa shape index (κ2) is 7.37. The van der Waals surface area contributed by atoms with Gasteiger partial charge in [0.2, 0.25) is 0 Å². The van der Waals surface area contributed by atoms with Crippen LogP contribution in [0.15, 0.2) is 18.2 Å². The lowest BCUT2D eigenvalue weighted by molar-refractivity contribution is -0.141. The van der Waals surface area contributed by atoms with Gasteiger partial charge in [-0.1, -0.05) is 13.0 Å². The van der Waals surface area contributed by atoms with Gasteiger partial charge in [-0.15, -0.1) is 0 Å². The van der Waals surface area contributed by atoms with Crippen molar-refractivity contribution in [3.05, 3.63) is 29.3 Å². The minimum absolute atomic E-state index is 0.163. The number of esters is 1. The molecule has 4 rings (SSSR count). The predicted molar refractivity (Wildman–Crippen MR) is 111 cm³/mol. The summed E-state index contributed by atoms with van der Waals surface area (Å²) in [6, 6.07) is 6.49. The van der Waals surface area contributed by atoms with E-state index in [1.807, 2.05) is 23.0 Å². The molecule has 0 N–H and O–H groups in total. The fraction of sp³-hybridized carbons (Fsp3) is 0.636. The fourth-order valence-corrected chi connectivity index (χ4v) is 6.61. The number of ether oxygens (including phenoxy) is 1. The molecule has 5 unspecified atom stereocenters. The number of methoxy groups -OCH3 is 1. The Morgan fingerprint density at radius 2 is 2.15 bits per heavy atom. The van der Waals surface area contributed by atoms with Gasteiger partial charge in [-0.2, -0.15) is 0 Å². The molecule has 27 heavy (non-hydrogen) atoms. The topological polar surface area (TPSA) is 52.6 Å². The Kier molecular flexibility index (Phi) is 5.25. The van der Waals surface area contributed by atoms with Crippen molar-refractivity contribution in [2.45, 2.75) is 57.8 Å². The van der Waals surface area contributed by atoms with Crippen LogP contribution in [-0.4, -0.2) is 18.9 Å². The molecule has 2 saturated carbocycles. The van der Waals surface area contributed by atoms with Crippen molar-refractivity contribution in [1.82, 2.24) is 0 Å². The summed E-state index contributed by atoms with van der Waals surface area (Å²) in [7, 11) is 1.44. The summed E-state index contributed by atoms with van der Waals surface area (Å²) in [6.45, 7) is 2.19. The Hall–Kier alpha value is -1.11. The molecule has 0 spiro atoms. The Morgan fingerprint density at radius 3 is 2.89 bits per heavy atom. The molecule has 4 nitrogen and oxygen atoms in total. The highest BCUT2D eigenvalue weighted by Gasteiger charge is 2.58. The molecule has 1 aromatic carbocycles. The van der Waals surface area contributed by atoms with E-state index in [1.165, 1.54) is 18.2 Å². The van der Waals surface area contributed by atoms with Gasteiger partial charge in [-0.05, 0) is 79.0 Å². The van der Waals surface area contributed by atoms with Crippen molar-refractivity contribution in [3.63, 3.8) is 0 Å². The van der Waals surface area contributed by atoms with Crippen LogP contribution in [0, 0.1) is 23.2 Å². The van der Waals surface area contributed by atoms with E-state index in [4.69, 9.17) is 7.80 Å². The van der Waals surface area contributed by atoms with E-state index >= 15 is 0 Å². The van der Waals surface area contributed by atoms with Crippen molar-refractivity contribution in [3.8, 4) is 5.75 Å². The molecule has 0 radical (unpaired) electrons. The monoisotopic (exact) mass is 482 g/mol. The van der Waals surface area contributed by atoms with E-state index in [0.29, 0.717) is 42.3 Å². The first-order valence-corrected chi connectivity index (χ1v) is 10.9. The summed E-state index contributed by atoms with van der Waals surface area (Å²) in [5.74, 6) is 2.94. The number of Topliss-reactive ketones (excluding diaryl/α,β-unsaturated/α-hetero) is 1. The van der Waals surface area contributed by atoms with Crippen LogP contribution < -0.4 is 3.07 Å². The largest absolute Gasteiger partial charge is 0.469 e. The summed E-state index contributed by atoms with van der Waals surface area (Å²) in [5.41, 5.74) is 2.66. The number of rotatable bonds is 4. The molecule has 0 heterocycles. The maximum atomic E-state index is 12.9. The van der Waals surface area contributed by atoms with E-state index < -0.39 is 0 Å². The summed E-state index contributed by atoms with van der Waals surface area (Å²) in [5, 5.41) is 0. The number of hydrogen-bond donors (Lipinski definition) is 0. The van der Waals surface area contributed by atoms with E-state index in [0.717, 1.165) is 37.9 Å². The molecule has 0 bridgehead atoms. The molecule has 146 valence electrons. The lowest BCUT2D eigenvalue weighted by atomic mass is 9.54. The number of benzene rings is 1. The first-order chi connectivity index (χ1) is 13.0. The van der Waals surface area contributed by atoms with Crippen LogP contribution >= 0.6 is 23.0 Å². The van der Waals surface area contributed by atoms with Gasteiger partial charge in [0.15, 0.2) is 23.0 Å². The van der Waals surface area contributed by atoms with Crippen molar-refractivity contribution >= 4 is 34.8 Å². The van der Waals surface area contributed by atoms with E-state index in [1.54, 1.807) is 0 Å². The van der Waals surface area contributed by atoms with Crippen LogP contribution in [-0.2, 0) is 20.7 Å². The Bertz CT molecular complexity index is 761. The van der Waals surface area contributed by atoms with Crippen molar-refractivity contribution in [2.75, 3.05) is 7.11 Å². The minimum atomic E-state index is -0.204. The summed E-state index contributed by atoms with van der Waals surface area (Å²) < 4.78 is 10.2. The molecular weight excluding hydrogens is 455 g/mol. The van der Waals surface area contributed by atoms with Gasteiger partial charge in [0, 0.05) is 18.3 Å². The van der Waals surface area contributed by atoms with Gasteiger partial charge >= 0.3 is 5.97 Å². The van der Waals surface area contributed by atoms with Crippen LogP contribution in [0.5, 0.6) is 5.75 Å². The first kappa shape index (κ1) is 19.2. The Morgan fingerprint density at radius 1 is 1.33 bits per heavy atom. The molecule has 5 heteroatoms. The molecule has 2 fully saturated rings. The Balaban J connectivity index is 1.62. The van der Waals surface area contributed by atoms with Gasteiger partial charge < -0.3 is 7.80 Å². The summed E-state index contributed by atoms with van der Waals surface area (Å²) >= 11 is 1.93. The zero-order valence-electron chi connectivity index (χ0n) is 16.0. The molecule has 0 amide bonds. The van der Waals surface area contributed by atoms with Gasteiger partial charge in [-0.3, -0.25) is 9.59 Å². The van der Waals surface area contributed by atoms with Gasteiger partial charge in [0.1, 0.15) is 11.5 Å². The van der Waals surface area contributed by atoms with Crippen molar-refractivity contribution < 1.29 is 17.4 Å². The molecule has 1 aromatic rings. The average molecular weight is 482 g/mol. The highest BCUT2D eigenvalue weighted by Crippen LogP contribution is 2.62. The van der Waals surface area contributed by atoms with Gasteiger partial charge in [0.25, 0.3) is 0 Å². The summed E-state index contributed by atoms with van der Waals surface area (Å²) in [6.07, 6.45) is 6.07. The van der Waals surface area contributed by atoms with E-state index in [-0.39, 0.29) is 11.4 Å². The van der Waals surface area contributed by atoms with Crippen molar-refractivity contribution in [1.29, 1.82) is 0 Å². The lowest BCUT2D eigenvalue weighted by Gasteiger charge is -2.50. The number of ketones is 1. The predicted octanol–water partition coefficient (Wildman–Crippen LogP) is 5.02. The lowest BCUT2D eigenvalue weighted by Crippen LogP contribution is -2.44. The normalized spacial score (nSPS) is 34.4. The molecular formula is C22H27IO4. The van der Waals surface area contributed by atoms with Crippen molar-refractivity contribution in [2.24, 2.45) is 23.2 Å². The third kappa shape index (κ3) is 3.19. The second-order valence-electron chi connectivity index (χ2n) is 8.73. The summed E-state index contributed by atoms with van der Waals surface area (Å²) in [4.78, 5) is 24.6. The van der Waals surface area contributed by atoms with E-state index in [2.05, 4.69) is 25.1 Å². The SMILES string of the molecule is COC(=O)CCC1CC(=O)C2(C)CCC3c4ccc(OI)cc4CCC3C12. The highest BCUT2D eigenvalue weighted by molar-refractivity contribution is 14.1. The molecule has 0 saturated heterocycles. The maximum absolute atomic E-state index is 12.9. The number of carbonyl (C=O) groups excluding carboxylic acids is 2. The smallest absolute Gasteiger partial charge is 0.305 e. The van der Waals surface area contributed by atoms with Gasteiger partial charge in [-0.25, -0.2) is 0 Å². The number of halogens is 1. The standard InChI is InChI=1S/C22H27IO4/c1-22-10-9-17-16-7-5-15(27-23)11-13(16)3-6-18(17)21(22)14(12-19(22)24)4-8-20(25)26-2/h5,7,11,14,17-18,21H,3-4,6,8-10,12H2,1-2H3. The maximum Gasteiger partial charge on any atom is 0.305 e. The third-order valence-corrected chi connectivity index (χ3v) is 8.09. The quantitative estimate of drug-likeness (QED) is 0.447. The first-order valence-electron chi connectivity index (χ1n) is 9.99. The number of hydrogen-bond acceptors (Lipinski definition) is 4. The van der Waals surface area contributed by atoms with Crippen LogP contribution in [0.3, 0.4) is 0 Å². The second-order valence-corrected chi connectivity index (χ2v) is 9.17. The molecule has 5 atom stereocenters. The zero-order chi connectivity index (χ0) is 19.2. The number of aryl methyl sites for hydroxylation is 1. The van der Waals surface area contributed by atoms with Gasteiger partial charge in [0.05, 0.1) is 7.11 Å². The zero-order valence-corrected chi connectivity index (χ0v) is 18.2. The van der Waals surface area contributed by atoms with Crippen LogP contribution in [0.25, 0.3) is 0 Å². The van der Waals surface area contributed by atoms with E-state index in [9.17, 15) is 9.59 Å². The Labute approximate surface area is 175 Å². The number of carbonyl (C=O) groups is 2. The van der Waals surface area contributed by atoms with Crippen LogP contribution in [0.4, 0.5) is 0 Å². The fourth-order valence-electron chi connectivity index (χ4n) is 6.34. The van der Waals surface area contributed by atoms with Crippen LogP contribution in [0.1, 0.15) is 62.5 Å². The molecule has 0 aliphatic heterocycles. The van der Waals surface area contributed by atoms with Crippen LogP contribution in [0.2, 0.25) is 0 Å². The third-order valence-electron chi connectivity index (χ3n) is 7.58. The average Bonchev–Trinajstić information content (AvgIpc) is 2.95.